The molecule has 0 radical (unpaired) electrons. The van der Waals surface area contributed by atoms with E-state index in [0.717, 1.165) is 16.7 Å². The summed E-state index contributed by atoms with van der Waals surface area (Å²) < 4.78 is 5.39. The smallest absolute Gasteiger partial charge is 0.277 e. The third-order valence-electron chi connectivity index (χ3n) is 3.92. The summed E-state index contributed by atoms with van der Waals surface area (Å²) in [7, 11) is 0. The molecule has 1 N–H and O–H groups in total. The molecule has 0 bridgehead atoms. The van der Waals surface area contributed by atoms with E-state index in [4.69, 9.17) is 16.3 Å². The summed E-state index contributed by atoms with van der Waals surface area (Å²) in [5.74, 6) is 0.199. The fourth-order valence-corrected chi connectivity index (χ4v) is 2.66. The fraction of sp³-hybridized carbons (Fsp3) is 0.0909. The number of carbonyl (C=O) groups excluding carboxylic acids is 1. The monoisotopic (exact) mass is 378 g/mol. The Hall–Kier alpha value is -3.11. The molecule has 0 unspecified atom stereocenters. The van der Waals surface area contributed by atoms with Crippen molar-refractivity contribution in [1.82, 2.24) is 5.43 Å². The standard InChI is InChI=1S/C22H19ClN2O2/c1-16(17-10-12-19(13-11-17)18-6-3-2-4-7-18)24-25-22(26)15-27-21-9-5-8-20(23)14-21/h2-14H,15H2,1H3,(H,25,26). The first-order chi connectivity index (χ1) is 13.1. The van der Waals surface area contributed by atoms with Gasteiger partial charge in [-0.3, -0.25) is 4.79 Å². The second kappa shape index (κ2) is 9.01. The Labute approximate surface area is 163 Å². The van der Waals surface area contributed by atoms with E-state index >= 15 is 0 Å². The van der Waals surface area contributed by atoms with Gasteiger partial charge in [-0.15, -0.1) is 0 Å². The lowest BCUT2D eigenvalue weighted by molar-refractivity contribution is -0.123. The molecule has 1 amide bonds. The van der Waals surface area contributed by atoms with Crippen LogP contribution in [0.4, 0.5) is 0 Å². The summed E-state index contributed by atoms with van der Waals surface area (Å²) in [4.78, 5) is 11.9. The van der Waals surface area contributed by atoms with E-state index in [9.17, 15) is 4.79 Å². The molecule has 136 valence electrons. The molecule has 0 saturated heterocycles. The van der Waals surface area contributed by atoms with E-state index in [1.165, 1.54) is 0 Å². The molecule has 0 aromatic heterocycles. The van der Waals surface area contributed by atoms with Crippen LogP contribution in [0.15, 0.2) is 84.0 Å². The lowest BCUT2D eigenvalue weighted by Crippen LogP contribution is -2.25. The Kier molecular flexibility index (Phi) is 6.23. The van der Waals surface area contributed by atoms with Gasteiger partial charge in [0, 0.05) is 5.02 Å². The Bertz CT molecular complexity index is 938. The van der Waals surface area contributed by atoms with Gasteiger partial charge in [0.05, 0.1) is 5.71 Å². The van der Waals surface area contributed by atoms with Gasteiger partial charge in [0.1, 0.15) is 5.75 Å². The van der Waals surface area contributed by atoms with Crippen molar-refractivity contribution in [2.75, 3.05) is 6.61 Å². The van der Waals surface area contributed by atoms with E-state index in [1.54, 1.807) is 24.3 Å². The second-order valence-electron chi connectivity index (χ2n) is 5.92. The van der Waals surface area contributed by atoms with E-state index < -0.39 is 0 Å². The SMILES string of the molecule is CC(=NNC(=O)COc1cccc(Cl)c1)c1ccc(-c2ccccc2)cc1. The minimum Gasteiger partial charge on any atom is -0.484 e. The summed E-state index contributed by atoms with van der Waals surface area (Å²) in [6.07, 6.45) is 0. The fourth-order valence-electron chi connectivity index (χ4n) is 2.48. The molecule has 5 heteroatoms. The highest BCUT2D eigenvalue weighted by Gasteiger charge is 2.04. The van der Waals surface area contributed by atoms with Gasteiger partial charge in [0.2, 0.25) is 0 Å². The number of ether oxygens (including phenoxy) is 1. The van der Waals surface area contributed by atoms with Gasteiger partial charge < -0.3 is 4.74 Å². The number of hydrogen-bond acceptors (Lipinski definition) is 3. The average Bonchev–Trinajstić information content (AvgIpc) is 2.71. The van der Waals surface area contributed by atoms with Crippen LogP contribution < -0.4 is 10.2 Å². The first kappa shape index (κ1) is 18.7. The minimum absolute atomic E-state index is 0.135. The number of halogens is 1. The Morgan fingerprint density at radius 1 is 0.963 bits per heavy atom. The zero-order valence-corrected chi connectivity index (χ0v) is 15.6. The summed E-state index contributed by atoms with van der Waals surface area (Å²) in [6, 6.07) is 25.1. The highest BCUT2D eigenvalue weighted by atomic mass is 35.5. The van der Waals surface area contributed by atoms with Gasteiger partial charge >= 0.3 is 0 Å². The van der Waals surface area contributed by atoms with Crippen molar-refractivity contribution in [3.8, 4) is 16.9 Å². The van der Waals surface area contributed by atoms with Crippen LogP contribution in [-0.2, 0) is 4.79 Å². The molecule has 0 aliphatic heterocycles. The lowest BCUT2D eigenvalue weighted by atomic mass is 10.0. The topological polar surface area (TPSA) is 50.7 Å². The second-order valence-corrected chi connectivity index (χ2v) is 6.36. The van der Waals surface area contributed by atoms with Crippen LogP contribution in [0.5, 0.6) is 5.75 Å². The van der Waals surface area contributed by atoms with Crippen molar-refractivity contribution >= 4 is 23.2 Å². The van der Waals surface area contributed by atoms with Crippen molar-refractivity contribution < 1.29 is 9.53 Å². The van der Waals surface area contributed by atoms with Crippen LogP contribution >= 0.6 is 11.6 Å². The predicted molar refractivity (Wildman–Crippen MR) is 109 cm³/mol. The van der Waals surface area contributed by atoms with Crippen LogP contribution in [-0.4, -0.2) is 18.2 Å². The van der Waals surface area contributed by atoms with Crippen molar-refractivity contribution in [3.05, 3.63) is 89.4 Å². The Balaban J connectivity index is 1.56. The largest absolute Gasteiger partial charge is 0.484 e. The summed E-state index contributed by atoms with van der Waals surface area (Å²) in [6.45, 7) is 1.71. The molecular formula is C22H19ClN2O2. The van der Waals surface area contributed by atoms with Crippen LogP contribution in [0, 0.1) is 0 Å². The third kappa shape index (κ3) is 5.43. The zero-order valence-electron chi connectivity index (χ0n) is 14.9. The number of hydrogen-bond donors (Lipinski definition) is 1. The number of benzene rings is 3. The van der Waals surface area contributed by atoms with Gasteiger partial charge in [0.25, 0.3) is 5.91 Å². The molecular weight excluding hydrogens is 360 g/mol. The maximum absolute atomic E-state index is 11.9. The molecule has 0 fully saturated rings. The normalized spacial score (nSPS) is 11.1. The quantitative estimate of drug-likeness (QED) is 0.488. The Morgan fingerprint density at radius 3 is 2.37 bits per heavy atom. The first-order valence-corrected chi connectivity index (χ1v) is 8.87. The highest BCUT2D eigenvalue weighted by molar-refractivity contribution is 6.30. The van der Waals surface area contributed by atoms with Crippen LogP contribution in [0.25, 0.3) is 11.1 Å². The molecule has 0 spiro atoms. The van der Waals surface area contributed by atoms with E-state index in [0.29, 0.717) is 16.5 Å². The summed E-state index contributed by atoms with van der Waals surface area (Å²) in [5, 5.41) is 4.69. The molecule has 0 saturated carbocycles. The van der Waals surface area contributed by atoms with Gasteiger partial charge in [-0.25, -0.2) is 5.43 Å². The minimum atomic E-state index is -0.338. The lowest BCUT2D eigenvalue weighted by Gasteiger charge is -2.07. The van der Waals surface area contributed by atoms with Crippen LogP contribution in [0.2, 0.25) is 5.02 Å². The summed E-state index contributed by atoms with van der Waals surface area (Å²) >= 11 is 5.88. The number of nitrogens with zero attached hydrogens (tertiary/aromatic N) is 1. The first-order valence-electron chi connectivity index (χ1n) is 8.49. The Morgan fingerprint density at radius 2 is 1.67 bits per heavy atom. The molecule has 0 heterocycles. The van der Waals surface area contributed by atoms with Gasteiger partial charge in [-0.2, -0.15) is 5.10 Å². The third-order valence-corrected chi connectivity index (χ3v) is 4.16. The van der Waals surface area contributed by atoms with E-state index in [-0.39, 0.29) is 12.5 Å². The number of carbonyl (C=O) groups is 1. The van der Waals surface area contributed by atoms with E-state index in [1.807, 2.05) is 49.4 Å². The number of nitrogens with one attached hydrogen (secondary N) is 1. The maximum Gasteiger partial charge on any atom is 0.277 e. The molecule has 4 nitrogen and oxygen atoms in total. The van der Waals surface area contributed by atoms with Crippen molar-refractivity contribution in [2.24, 2.45) is 5.10 Å². The average molecular weight is 379 g/mol. The molecule has 3 rings (SSSR count). The van der Waals surface area contributed by atoms with Crippen molar-refractivity contribution in [3.63, 3.8) is 0 Å². The van der Waals surface area contributed by atoms with Crippen molar-refractivity contribution in [2.45, 2.75) is 6.92 Å². The van der Waals surface area contributed by atoms with Gasteiger partial charge in [-0.05, 0) is 41.8 Å². The van der Waals surface area contributed by atoms with Crippen LogP contribution in [0.1, 0.15) is 12.5 Å². The predicted octanol–water partition coefficient (Wildman–Crippen LogP) is 4.93. The molecule has 0 aliphatic carbocycles. The number of rotatable bonds is 6. The van der Waals surface area contributed by atoms with Crippen LogP contribution in [0.3, 0.4) is 0 Å². The van der Waals surface area contributed by atoms with Gasteiger partial charge in [0.15, 0.2) is 6.61 Å². The van der Waals surface area contributed by atoms with E-state index in [2.05, 4.69) is 22.7 Å². The van der Waals surface area contributed by atoms with Crippen molar-refractivity contribution in [1.29, 1.82) is 0 Å². The molecule has 0 atom stereocenters. The molecule has 3 aromatic rings. The highest BCUT2D eigenvalue weighted by Crippen LogP contribution is 2.19. The molecule has 3 aromatic carbocycles. The summed E-state index contributed by atoms with van der Waals surface area (Å²) in [5.41, 5.74) is 6.44. The molecule has 0 aliphatic rings. The number of amides is 1. The number of hydrazone groups is 1. The zero-order chi connectivity index (χ0) is 19.1. The maximum atomic E-state index is 11.9. The molecule has 27 heavy (non-hydrogen) atoms. The van der Waals surface area contributed by atoms with Gasteiger partial charge in [-0.1, -0.05) is 72.3 Å².